The molecule has 4 heteroatoms. The lowest BCUT2D eigenvalue weighted by Crippen LogP contribution is -2.21. The van der Waals surface area contributed by atoms with E-state index in [0.29, 0.717) is 5.25 Å². The molecule has 1 aliphatic rings. The van der Waals surface area contributed by atoms with Gasteiger partial charge in [-0.25, -0.2) is 0 Å². The summed E-state index contributed by atoms with van der Waals surface area (Å²) in [4.78, 5) is 1.27. The van der Waals surface area contributed by atoms with E-state index in [0.717, 1.165) is 30.2 Å². The lowest BCUT2D eigenvalue weighted by atomic mass is 10.0. The van der Waals surface area contributed by atoms with E-state index in [9.17, 15) is 0 Å². The molecule has 0 amide bonds. The monoisotopic (exact) mass is 334 g/mol. The Morgan fingerprint density at radius 1 is 1.09 bits per heavy atom. The minimum Gasteiger partial charge on any atom is -0.497 e. The molecule has 0 aliphatic carbocycles. The maximum absolute atomic E-state index is 5.95. The van der Waals surface area contributed by atoms with E-state index in [1.165, 1.54) is 10.5 Å². The minimum atomic E-state index is 0.171. The second kappa shape index (κ2) is 7.40. The molecule has 2 aromatic carbocycles. The van der Waals surface area contributed by atoms with Crippen molar-refractivity contribution in [2.45, 2.75) is 29.1 Å². The first-order valence-corrected chi connectivity index (χ1v) is 8.68. The van der Waals surface area contributed by atoms with Crippen molar-refractivity contribution in [1.82, 2.24) is 0 Å². The quantitative estimate of drug-likeness (QED) is 0.749. The molecule has 0 N–H and O–H groups in total. The Hall–Kier alpha value is -1.16. The number of rotatable bonds is 4. The molecule has 116 valence electrons. The Bertz CT molecular complexity index is 597. The summed E-state index contributed by atoms with van der Waals surface area (Å²) in [6, 6.07) is 16.3. The van der Waals surface area contributed by atoms with E-state index in [2.05, 4.69) is 24.3 Å². The van der Waals surface area contributed by atoms with Crippen LogP contribution in [0.2, 0.25) is 5.02 Å². The molecule has 1 saturated heterocycles. The standard InChI is InChI=1S/C18H19ClO2S/c1-20-15-6-2-13(3-7-15)18-12-17(10-11-21-18)22-16-8-4-14(19)5-9-16/h2-9,17-18H,10-12H2,1H3/t17-,18+/m0/s1. The van der Waals surface area contributed by atoms with Gasteiger partial charge in [0.1, 0.15) is 5.75 Å². The molecule has 3 rings (SSSR count). The second-order valence-electron chi connectivity index (χ2n) is 5.35. The summed E-state index contributed by atoms with van der Waals surface area (Å²) >= 11 is 7.86. The first-order valence-electron chi connectivity index (χ1n) is 7.42. The summed E-state index contributed by atoms with van der Waals surface area (Å²) in [7, 11) is 1.69. The second-order valence-corrected chi connectivity index (χ2v) is 7.16. The third-order valence-corrected chi connectivity index (χ3v) is 5.40. The van der Waals surface area contributed by atoms with Crippen LogP contribution in [0.5, 0.6) is 5.75 Å². The van der Waals surface area contributed by atoms with Gasteiger partial charge in [0, 0.05) is 21.8 Å². The molecule has 1 fully saturated rings. The zero-order valence-electron chi connectivity index (χ0n) is 12.5. The van der Waals surface area contributed by atoms with Crippen LogP contribution in [0.1, 0.15) is 24.5 Å². The predicted molar refractivity (Wildman–Crippen MR) is 92.0 cm³/mol. The highest BCUT2D eigenvalue weighted by molar-refractivity contribution is 8.00. The molecule has 1 aliphatic heterocycles. The predicted octanol–water partition coefficient (Wildman–Crippen LogP) is 5.36. The highest BCUT2D eigenvalue weighted by atomic mass is 35.5. The van der Waals surface area contributed by atoms with Gasteiger partial charge in [0.2, 0.25) is 0 Å². The van der Waals surface area contributed by atoms with E-state index in [1.54, 1.807) is 7.11 Å². The summed E-state index contributed by atoms with van der Waals surface area (Å²) in [5.74, 6) is 0.881. The van der Waals surface area contributed by atoms with Crippen LogP contribution in [-0.2, 0) is 4.74 Å². The van der Waals surface area contributed by atoms with E-state index < -0.39 is 0 Å². The van der Waals surface area contributed by atoms with Gasteiger partial charge in [-0.05, 0) is 54.8 Å². The van der Waals surface area contributed by atoms with Crippen molar-refractivity contribution in [2.75, 3.05) is 13.7 Å². The van der Waals surface area contributed by atoms with Crippen LogP contribution in [0.25, 0.3) is 0 Å². The van der Waals surface area contributed by atoms with Gasteiger partial charge in [0.05, 0.1) is 13.2 Å². The molecule has 0 unspecified atom stereocenters. The summed E-state index contributed by atoms with van der Waals surface area (Å²) < 4.78 is 11.2. The smallest absolute Gasteiger partial charge is 0.118 e. The maximum Gasteiger partial charge on any atom is 0.118 e. The van der Waals surface area contributed by atoms with Gasteiger partial charge in [-0.15, -0.1) is 11.8 Å². The summed E-state index contributed by atoms with van der Waals surface area (Å²) in [6.45, 7) is 0.807. The molecule has 0 spiro atoms. The van der Waals surface area contributed by atoms with Crippen LogP contribution in [0.4, 0.5) is 0 Å². The highest BCUT2D eigenvalue weighted by Gasteiger charge is 2.24. The molecular formula is C18H19ClO2S. The molecule has 0 aromatic heterocycles. The van der Waals surface area contributed by atoms with Gasteiger partial charge in [-0.3, -0.25) is 0 Å². The Kier molecular flexibility index (Phi) is 5.29. The van der Waals surface area contributed by atoms with Gasteiger partial charge in [-0.1, -0.05) is 23.7 Å². The van der Waals surface area contributed by atoms with E-state index in [1.807, 2.05) is 36.0 Å². The van der Waals surface area contributed by atoms with Crippen LogP contribution >= 0.6 is 23.4 Å². The maximum atomic E-state index is 5.95. The Morgan fingerprint density at radius 2 is 1.82 bits per heavy atom. The number of hydrogen-bond acceptors (Lipinski definition) is 3. The summed E-state index contributed by atoms with van der Waals surface area (Å²) in [5.41, 5.74) is 1.22. The van der Waals surface area contributed by atoms with Crippen molar-refractivity contribution in [2.24, 2.45) is 0 Å². The van der Waals surface area contributed by atoms with Crippen molar-refractivity contribution in [3.8, 4) is 5.75 Å². The topological polar surface area (TPSA) is 18.5 Å². The van der Waals surface area contributed by atoms with Crippen molar-refractivity contribution < 1.29 is 9.47 Å². The van der Waals surface area contributed by atoms with Crippen molar-refractivity contribution in [1.29, 1.82) is 0 Å². The van der Waals surface area contributed by atoms with E-state index in [4.69, 9.17) is 21.1 Å². The van der Waals surface area contributed by atoms with E-state index >= 15 is 0 Å². The molecule has 0 radical (unpaired) electrons. The molecular weight excluding hydrogens is 316 g/mol. The lowest BCUT2D eigenvalue weighted by Gasteiger charge is -2.29. The molecule has 2 atom stereocenters. The van der Waals surface area contributed by atoms with Crippen molar-refractivity contribution in [3.63, 3.8) is 0 Å². The van der Waals surface area contributed by atoms with Gasteiger partial charge in [0.25, 0.3) is 0 Å². The zero-order valence-corrected chi connectivity index (χ0v) is 14.1. The fourth-order valence-corrected chi connectivity index (χ4v) is 3.92. The average molecular weight is 335 g/mol. The molecule has 22 heavy (non-hydrogen) atoms. The molecule has 2 nitrogen and oxygen atoms in total. The van der Waals surface area contributed by atoms with E-state index in [-0.39, 0.29) is 6.10 Å². The van der Waals surface area contributed by atoms with Gasteiger partial charge >= 0.3 is 0 Å². The van der Waals surface area contributed by atoms with Gasteiger partial charge in [-0.2, -0.15) is 0 Å². The van der Waals surface area contributed by atoms with Crippen LogP contribution in [0, 0.1) is 0 Å². The fourth-order valence-electron chi connectivity index (χ4n) is 2.63. The van der Waals surface area contributed by atoms with Crippen molar-refractivity contribution >= 4 is 23.4 Å². The number of halogens is 1. The normalized spacial score (nSPS) is 21.5. The number of benzene rings is 2. The fraction of sp³-hybridized carbons (Fsp3) is 0.333. The molecule has 0 bridgehead atoms. The molecule has 1 heterocycles. The lowest BCUT2D eigenvalue weighted by molar-refractivity contribution is 0.0178. The van der Waals surface area contributed by atoms with Gasteiger partial charge in [0.15, 0.2) is 0 Å². The Morgan fingerprint density at radius 3 is 2.50 bits per heavy atom. The van der Waals surface area contributed by atoms with Gasteiger partial charge < -0.3 is 9.47 Å². The third kappa shape index (κ3) is 3.97. The van der Waals surface area contributed by atoms with Crippen LogP contribution in [0.3, 0.4) is 0 Å². The summed E-state index contributed by atoms with van der Waals surface area (Å²) in [6.07, 6.45) is 2.28. The Labute approximate surface area is 140 Å². The highest BCUT2D eigenvalue weighted by Crippen LogP contribution is 2.37. The number of thioether (sulfide) groups is 1. The average Bonchev–Trinajstić information content (AvgIpc) is 2.57. The molecule has 2 aromatic rings. The van der Waals surface area contributed by atoms with Crippen molar-refractivity contribution in [3.05, 3.63) is 59.1 Å². The Balaban J connectivity index is 1.64. The minimum absolute atomic E-state index is 0.171. The number of methoxy groups -OCH3 is 1. The SMILES string of the molecule is COc1ccc([C@H]2C[C@@H](Sc3ccc(Cl)cc3)CCO2)cc1. The first-order chi connectivity index (χ1) is 10.7. The number of ether oxygens (including phenoxy) is 2. The largest absolute Gasteiger partial charge is 0.497 e. The first kappa shape index (κ1) is 15.7. The van der Waals surface area contributed by atoms with Crippen LogP contribution in [-0.4, -0.2) is 19.0 Å². The molecule has 0 saturated carbocycles. The third-order valence-electron chi connectivity index (χ3n) is 3.84. The van der Waals surface area contributed by atoms with Crippen LogP contribution < -0.4 is 4.74 Å². The number of hydrogen-bond donors (Lipinski definition) is 0. The summed E-state index contributed by atoms with van der Waals surface area (Å²) in [5, 5.41) is 1.36. The van der Waals surface area contributed by atoms with Crippen LogP contribution in [0.15, 0.2) is 53.4 Å². The zero-order chi connectivity index (χ0) is 15.4.